The molecule has 1 aliphatic heterocycles. The topological polar surface area (TPSA) is 102 Å². The summed E-state index contributed by atoms with van der Waals surface area (Å²) < 4.78 is 15.5. The Morgan fingerprint density at radius 1 is 1.14 bits per heavy atom. The molecule has 1 aliphatic rings. The normalized spacial score (nSPS) is 14.5. The number of nitro benzene ring substituents is 1. The first-order chi connectivity index (χ1) is 17.7. The maximum absolute atomic E-state index is 14.1. The summed E-state index contributed by atoms with van der Waals surface area (Å²) in [7, 11) is 1.61. The highest BCUT2D eigenvalue weighted by atomic mass is 32.2. The number of thioether (sulfide) groups is 1. The molecule has 0 N–H and O–H groups in total. The molecule has 0 bridgehead atoms. The van der Waals surface area contributed by atoms with Crippen molar-refractivity contribution in [2.75, 3.05) is 31.1 Å². The Bertz CT molecular complexity index is 1370. The van der Waals surface area contributed by atoms with E-state index in [1.54, 1.807) is 56.1 Å². The molecule has 0 aliphatic carbocycles. The molecule has 9 nitrogen and oxygen atoms in total. The van der Waals surface area contributed by atoms with Crippen LogP contribution in [-0.2, 0) is 18.3 Å². The van der Waals surface area contributed by atoms with Crippen molar-refractivity contribution in [3.05, 3.63) is 91.6 Å². The fraction of sp³-hybridized carbons (Fsp3) is 0.346. The molecular weight excluding hydrogens is 497 g/mol. The van der Waals surface area contributed by atoms with Gasteiger partial charge in [-0.3, -0.25) is 24.3 Å². The zero-order valence-electron chi connectivity index (χ0n) is 20.9. The number of hydrogen-bond acceptors (Lipinski definition) is 7. The fourth-order valence-electron chi connectivity index (χ4n) is 4.31. The summed E-state index contributed by atoms with van der Waals surface area (Å²) in [6.07, 6.45) is 0.149. The van der Waals surface area contributed by atoms with E-state index in [1.807, 2.05) is 0 Å². The van der Waals surface area contributed by atoms with E-state index < -0.39 is 10.2 Å². The highest BCUT2D eigenvalue weighted by Gasteiger charge is 2.27. The number of benzene rings is 2. The second-order valence-electron chi connectivity index (χ2n) is 8.94. The molecule has 2 aromatic carbocycles. The van der Waals surface area contributed by atoms with E-state index in [2.05, 4.69) is 9.88 Å². The number of halogens is 1. The number of non-ortho nitro benzene ring substituents is 1. The Morgan fingerprint density at radius 3 is 2.41 bits per heavy atom. The Balaban J connectivity index is 1.40. The van der Waals surface area contributed by atoms with Crippen molar-refractivity contribution < 1.29 is 14.1 Å². The molecule has 37 heavy (non-hydrogen) atoms. The van der Waals surface area contributed by atoms with Gasteiger partial charge >= 0.3 is 0 Å². The van der Waals surface area contributed by atoms with E-state index in [0.717, 1.165) is 5.69 Å². The van der Waals surface area contributed by atoms with Crippen LogP contribution in [0.3, 0.4) is 0 Å². The summed E-state index contributed by atoms with van der Waals surface area (Å²) in [4.78, 5) is 45.1. The van der Waals surface area contributed by atoms with Gasteiger partial charge in [-0.1, -0.05) is 30.0 Å². The lowest BCUT2D eigenvalue weighted by molar-refractivity contribution is -0.384. The minimum absolute atomic E-state index is 0.0434. The molecule has 11 heteroatoms. The van der Waals surface area contributed by atoms with E-state index in [-0.39, 0.29) is 29.4 Å². The molecule has 194 valence electrons. The smallest absolute Gasteiger partial charge is 0.269 e. The molecule has 1 fully saturated rings. The number of amides is 1. The molecule has 0 radical (unpaired) electrons. The van der Waals surface area contributed by atoms with Crippen molar-refractivity contribution in [1.82, 2.24) is 14.5 Å². The van der Waals surface area contributed by atoms with Crippen molar-refractivity contribution in [2.24, 2.45) is 7.05 Å². The third-order valence-corrected chi connectivity index (χ3v) is 7.65. The number of rotatable bonds is 7. The van der Waals surface area contributed by atoms with Crippen LogP contribution in [0.2, 0.25) is 0 Å². The molecule has 2 heterocycles. The third kappa shape index (κ3) is 5.82. The number of nitro groups is 1. The zero-order chi connectivity index (χ0) is 26.7. The number of nitrogens with zero attached hydrogens (tertiary/aromatic N) is 5. The monoisotopic (exact) mass is 525 g/mol. The van der Waals surface area contributed by atoms with E-state index in [1.165, 1.54) is 34.5 Å². The maximum Gasteiger partial charge on any atom is 0.269 e. The Hall–Kier alpha value is -3.73. The van der Waals surface area contributed by atoms with Gasteiger partial charge in [0.15, 0.2) is 5.16 Å². The summed E-state index contributed by atoms with van der Waals surface area (Å²) in [5, 5.41) is 10.8. The molecule has 1 unspecified atom stereocenters. The molecule has 1 saturated heterocycles. The molecule has 0 saturated carbocycles. The van der Waals surface area contributed by atoms with Crippen LogP contribution in [-0.4, -0.2) is 56.7 Å². The van der Waals surface area contributed by atoms with Gasteiger partial charge in [-0.2, -0.15) is 0 Å². The summed E-state index contributed by atoms with van der Waals surface area (Å²) in [5.74, 6) is -0.411. The highest BCUT2D eigenvalue weighted by Crippen LogP contribution is 2.25. The average molecular weight is 526 g/mol. The number of aromatic nitrogens is 2. The van der Waals surface area contributed by atoms with Gasteiger partial charge in [0.25, 0.3) is 11.2 Å². The van der Waals surface area contributed by atoms with Crippen LogP contribution in [0.4, 0.5) is 15.8 Å². The first-order valence-electron chi connectivity index (χ1n) is 11.9. The SMILES string of the molecule is Cc1nc(SC(C)C(=O)N2CCN(c3ccc([N+](=O)[O-])cc3)CC2)n(C)c(=O)c1Cc1ccccc1F. The second kappa shape index (κ2) is 11.1. The van der Waals surface area contributed by atoms with Crippen molar-refractivity contribution in [3.63, 3.8) is 0 Å². The first-order valence-corrected chi connectivity index (χ1v) is 12.8. The van der Waals surface area contributed by atoms with E-state index in [9.17, 15) is 24.1 Å². The number of hydrogen-bond donors (Lipinski definition) is 0. The average Bonchev–Trinajstić information content (AvgIpc) is 2.90. The first kappa shape index (κ1) is 26.3. The lowest BCUT2D eigenvalue weighted by atomic mass is 10.0. The van der Waals surface area contributed by atoms with Crippen molar-refractivity contribution in [1.29, 1.82) is 0 Å². The molecule has 4 rings (SSSR count). The predicted molar refractivity (Wildman–Crippen MR) is 141 cm³/mol. The molecular formula is C26H28FN5O4S. The Morgan fingerprint density at radius 2 is 1.78 bits per heavy atom. The molecule has 3 aromatic rings. The van der Waals surface area contributed by atoms with Crippen LogP contribution in [0.15, 0.2) is 58.5 Å². The summed E-state index contributed by atoms with van der Waals surface area (Å²) >= 11 is 1.23. The largest absolute Gasteiger partial charge is 0.368 e. The third-order valence-electron chi connectivity index (χ3n) is 6.52. The van der Waals surface area contributed by atoms with Crippen molar-refractivity contribution >= 4 is 29.0 Å². The van der Waals surface area contributed by atoms with Crippen molar-refractivity contribution in [2.45, 2.75) is 30.7 Å². The van der Waals surface area contributed by atoms with Crippen LogP contribution < -0.4 is 10.5 Å². The van der Waals surface area contributed by atoms with Crippen LogP contribution in [0.5, 0.6) is 0 Å². The maximum atomic E-state index is 14.1. The summed E-state index contributed by atoms with van der Waals surface area (Å²) in [6, 6.07) is 12.8. The highest BCUT2D eigenvalue weighted by molar-refractivity contribution is 8.00. The quantitative estimate of drug-likeness (QED) is 0.201. The molecule has 1 aromatic heterocycles. The van der Waals surface area contributed by atoms with Crippen LogP contribution in [0, 0.1) is 22.9 Å². The fourth-order valence-corrected chi connectivity index (χ4v) is 5.30. The standard InChI is InChI=1S/C26H28FN5O4S/c1-17-22(16-19-6-4-5-7-23(19)27)25(34)29(3)26(28-17)37-18(2)24(33)31-14-12-30(13-15-31)20-8-10-21(11-9-20)32(35)36/h4-11,18H,12-16H2,1-3H3. The van der Waals surface area contributed by atoms with Gasteiger partial charge in [-0.15, -0.1) is 0 Å². The van der Waals surface area contributed by atoms with E-state index in [4.69, 9.17) is 0 Å². The van der Waals surface area contributed by atoms with Gasteiger partial charge in [0.2, 0.25) is 5.91 Å². The number of carbonyl (C=O) groups is 1. The van der Waals surface area contributed by atoms with E-state index in [0.29, 0.717) is 48.2 Å². The Labute approximate surface area is 218 Å². The van der Waals surface area contributed by atoms with Crippen LogP contribution in [0.1, 0.15) is 23.7 Å². The second-order valence-corrected chi connectivity index (χ2v) is 10.2. The molecule has 1 amide bonds. The predicted octanol–water partition coefficient (Wildman–Crippen LogP) is 3.56. The molecule has 0 spiro atoms. The Kier molecular flexibility index (Phi) is 7.91. The number of aryl methyl sites for hydroxylation is 1. The molecule has 1 atom stereocenters. The zero-order valence-corrected chi connectivity index (χ0v) is 21.7. The number of anilines is 1. The van der Waals surface area contributed by atoms with E-state index >= 15 is 0 Å². The van der Waals surface area contributed by atoms with Crippen LogP contribution in [0.25, 0.3) is 0 Å². The minimum atomic E-state index is -0.458. The number of piperazine rings is 1. The lowest BCUT2D eigenvalue weighted by Gasteiger charge is -2.37. The summed E-state index contributed by atoms with van der Waals surface area (Å²) in [5.41, 5.74) is 2.05. The van der Waals surface area contributed by atoms with Gasteiger partial charge in [-0.25, -0.2) is 9.37 Å². The lowest BCUT2D eigenvalue weighted by Crippen LogP contribution is -2.50. The van der Waals surface area contributed by atoms with Crippen molar-refractivity contribution in [3.8, 4) is 0 Å². The van der Waals surface area contributed by atoms with Gasteiger partial charge in [0, 0.05) is 68.7 Å². The van der Waals surface area contributed by atoms with Gasteiger partial charge in [0.05, 0.1) is 10.2 Å². The van der Waals surface area contributed by atoms with Crippen LogP contribution >= 0.6 is 11.8 Å². The number of carbonyl (C=O) groups excluding carboxylic acids is 1. The summed E-state index contributed by atoms with van der Waals surface area (Å²) in [6.45, 7) is 5.79. The van der Waals surface area contributed by atoms with Gasteiger partial charge in [0.1, 0.15) is 5.82 Å². The van der Waals surface area contributed by atoms with Gasteiger partial charge in [-0.05, 0) is 37.6 Å². The minimum Gasteiger partial charge on any atom is -0.368 e. The van der Waals surface area contributed by atoms with Gasteiger partial charge < -0.3 is 9.80 Å².